The van der Waals surface area contributed by atoms with Gasteiger partial charge in [0.15, 0.2) is 0 Å². The molecule has 0 heterocycles. The van der Waals surface area contributed by atoms with Gasteiger partial charge in [-0.3, -0.25) is 0 Å². The van der Waals surface area contributed by atoms with Crippen LogP contribution < -0.4 is 5.73 Å². The SMILES string of the molecule is CC.NC1=CC=CC=CC1. The molecule has 1 aliphatic rings. The lowest BCUT2D eigenvalue weighted by molar-refractivity contribution is 1.17. The number of nitrogens with two attached hydrogens (primary N) is 1. The van der Waals surface area contributed by atoms with Crippen molar-refractivity contribution in [1.82, 2.24) is 0 Å². The lowest BCUT2D eigenvalue weighted by Gasteiger charge is -1.87. The second-order valence-corrected chi connectivity index (χ2v) is 1.76. The van der Waals surface area contributed by atoms with Gasteiger partial charge in [-0.15, -0.1) is 0 Å². The summed E-state index contributed by atoms with van der Waals surface area (Å²) in [6.07, 6.45) is 10.7. The Morgan fingerprint density at radius 1 is 1.20 bits per heavy atom. The molecule has 10 heavy (non-hydrogen) atoms. The van der Waals surface area contributed by atoms with Crippen molar-refractivity contribution in [3.05, 3.63) is 36.1 Å². The molecule has 1 aliphatic carbocycles. The maximum Gasteiger partial charge on any atom is 0.0119 e. The van der Waals surface area contributed by atoms with Crippen molar-refractivity contribution >= 4 is 0 Å². The first kappa shape index (κ1) is 9.02. The Bertz CT molecular complexity index is 152. The van der Waals surface area contributed by atoms with Crippen LogP contribution >= 0.6 is 0 Å². The van der Waals surface area contributed by atoms with Crippen LogP contribution in [0.1, 0.15) is 20.3 Å². The molecule has 1 nitrogen and oxygen atoms in total. The zero-order chi connectivity index (χ0) is 7.82. The topological polar surface area (TPSA) is 26.0 Å². The van der Waals surface area contributed by atoms with Crippen LogP contribution in [0.15, 0.2) is 36.1 Å². The fourth-order valence-electron chi connectivity index (χ4n) is 0.594. The molecule has 0 atom stereocenters. The van der Waals surface area contributed by atoms with Crippen molar-refractivity contribution < 1.29 is 0 Å². The summed E-state index contributed by atoms with van der Waals surface area (Å²) in [5.74, 6) is 0. The van der Waals surface area contributed by atoms with Gasteiger partial charge in [0, 0.05) is 12.1 Å². The highest BCUT2D eigenvalue weighted by molar-refractivity contribution is 5.20. The smallest absolute Gasteiger partial charge is 0.0119 e. The predicted octanol–water partition coefficient (Wildman–Crippen LogP) is 2.37. The molecule has 56 valence electrons. The van der Waals surface area contributed by atoms with E-state index in [1.807, 2.05) is 44.2 Å². The molecule has 0 saturated heterocycles. The van der Waals surface area contributed by atoms with Gasteiger partial charge in [0.1, 0.15) is 0 Å². The van der Waals surface area contributed by atoms with E-state index in [2.05, 4.69) is 0 Å². The third-order valence-corrected chi connectivity index (χ3v) is 1.02. The van der Waals surface area contributed by atoms with Gasteiger partial charge in [-0.25, -0.2) is 0 Å². The molecule has 1 rings (SSSR count). The monoisotopic (exact) mass is 137 g/mol. The molecule has 0 radical (unpaired) electrons. The van der Waals surface area contributed by atoms with Crippen molar-refractivity contribution in [3.8, 4) is 0 Å². The first-order chi connectivity index (χ1) is 4.89. The van der Waals surface area contributed by atoms with E-state index in [0.717, 1.165) is 12.1 Å². The number of hydrogen-bond donors (Lipinski definition) is 1. The molecule has 1 heteroatoms. The largest absolute Gasteiger partial charge is 0.402 e. The van der Waals surface area contributed by atoms with E-state index in [1.165, 1.54) is 0 Å². The van der Waals surface area contributed by atoms with Gasteiger partial charge < -0.3 is 5.73 Å². The van der Waals surface area contributed by atoms with Crippen LogP contribution in [0.25, 0.3) is 0 Å². The Kier molecular flexibility index (Phi) is 5.54. The molecular formula is C9H15N. The lowest BCUT2D eigenvalue weighted by Crippen LogP contribution is -1.92. The summed E-state index contributed by atoms with van der Waals surface area (Å²) in [6.45, 7) is 4.00. The molecule has 0 aromatic heterocycles. The molecule has 0 aliphatic heterocycles. The van der Waals surface area contributed by atoms with E-state index in [-0.39, 0.29) is 0 Å². The number of allylic oxidation sites excluding steroid dienone is 5. The highest BCUT2D eigenvalue weighted by atomic mass is 14.6. The van der Waals surface area contributed by atoms with E-state index < -0.39 is 0 Å². The van der Waals surface area contributed by atoms with Gasteiger partial charge in [-0.05, 0) is 6.08 Å². The van der Waals surface area contributed by atoms with Crippen molar-refractivity contribution in [2.45, 2.75) is 20.3 Å². The van der Waals surface area contributed by atoms with Crippen molar-refractivity contribution in [1.29, 1.82) is 0 Å². The normalized spacial score (nSPS) is 14.8. The standard InChI is InChI=1S/C7H9N.C2H6/c8-7-5-3-1-2-4-6-7;1-2/h1-5H,6,8H2;1-2H3. The van der Waals surface area contributed by atoms with E-state index in [9.17, 15) is 0 Å². The fourth-order valence-corrected chi connectivity index (χ4v) is 0.594. The van der Waals surface area contributed by atoms with Crippen molar-refractivity contribution in [2.75, 3.05) is 0 Å². The second-order valence-electron chi connectivity index (χ2n) is 1.76. The van der Waals surface area contributed by atoms with Crippen molar-refractivity contribution in [2.24, 2.45) is 5.73 Å². The van der Waals surface area contributed by atoms with Gasteiger partial charge in [0.25, 0.3) is 0 Å². The van der Waals surface area contributed by atoms with Crippen LogP contribution in [0.2, 0.25) is 0 Å². The van der Waals surface area contributed by atoms with E-state index in [0.29, 0.717) is 0 Å². The average Bonchev–Trinajstić information content (AvgIpc) is 2.21. The van der Waals surface area contributed by atoms with Crippen LogP contribution in [0.3, 0.4) is 0 Å². The van der Waals surface area contributed by atoms with Gasteiger partial charge in [0.2, 0.25) is 0 Å². The zero-order valence-corrected chi connectivity index (χ0v) is 6.67. The Hall–Kier alpha value is -0.980. The fraction of sp³-hybridized carbons (Fsp3) is 0.333. The lowest BCUT2D eigenvalue weighted by atomic mass is 10.3. The van der Waals surface area contributed by atoms with Gasteiger partial charge in [-0.1, -0.05) is 38.2 Å². The minimum Gasteiger partial charge on any atom is -0.402 e. The minimum absolute atomic E-state index is 0.882. The molecule has 0 spiro atoms. The first-order valence-electron chi connectivity index (χ1n) is 3.67. The maximum absolute atomic E-state index is 5.49. The summed E-state index contributed by atoms with van der Waals surface area (Å²) in [5, 5.41) is 0. The molecule has 0 aromatic rings. The third kappa shape index (κ3) is 3.96. The summed E-state index contributed by atoms with van der Waals surface area (Å²) in [7, 11) is 0. The zero-order valence-electron chi connectivity index (χ0n) is 6.67. The summed E-state index contributed by atoms with van der Waals surface area (Å²) >= 11 is 0. The Morgan fingerprint density at radius 3 is 2.60 bits per heavy atom. The summed E-state index contributed by atoms with van der Waals surface area (Å²) in [5.41, 5.74) is 6.42. The van der Waals surface area contributed by atoms with E-state index in [4.69, 9.17) is 5.73 Å². The third-order valence-electron chi connectivity index (χ3n) is 1.02. The average molecular weight is 137 g/mol. The number of hydrogen-bond acceptors (Lipinski definition) is 1. The molecule has 0 bridgehead atoms. The van der Waals surface area contributed by atoms with E-state index in [1.54, 1.807) is 0 Å². The molecule has 0 saturated carbocycles. The van der Waals surface area contributed by atoms with Crippen LogP contribution in [0.5, 0.6) is 0 Å². The summed E-state index contributed by atoms with van der Waals surface area (Å²) in [4.78, 5) is 0. The van der Waals surface area contributed by atoms with Crippen LogP contribution in [-0.2, 0) is 0 Å². The van der Waals surface area contributed by atoms with Gasteiger partial charge >= 0.3 is 0 Å². The van der Waals surface area contributed by atoms with Crippen LogP contribution in [-0.4, -0.2) is 0 Å². The minimum atomic E-state index is 0.882. The van der Waals surface area contributed by atoms with Crippen molar-refractivity contribution in [3.63, 3.8) is 0 Å². The van der Waals surface area contributed by atoms with Gasteiger partial charge in [-0.2, -0.15) is 0 Å². The first-order valence-corrected chi connectivity index (χ1v) is 3.67. The molecule has 2 N–H and O–H groups in total. The Labute approximate surface area is 62.9 Å². The van der Waals surface area contributed by atoms with Gasteiger partial charge in [0.05, 0.1) is 0 Å². The van der Waals surface area contributed by atoms with Crippen LogP contribution in [0.4, 0.5) is 0 Å². The van der Waals surface area contributed by atoms with E-state index >= 15 is 0 Å². The summed E-state index contributed by atoms with van der Waals surface area (Å²) in [6, 6.07) is 0. The Morgan fingerprint density at radius 2 is 1.90 bits per heavy atom. The molecule has 0 aromatic carbocycles. The molecular weight excluding hydrogens is 122 g/mol. The second kappa shape index (κ2) is 6.14. The highest BCUT2D eigenvalue weighted by Gasteiger charge is 1.83. The molecule has 0 amide bonds. The highest BCUT2D eigenvalue weighted by Crippen LogP contribution is 1.98. The van der Waals surface area contributed by atoms with Crippen LogP contribution in [0, 0.1) is 0 Å². The molecule has 0 fully saturated rings. The quantitative estimate of drug-likeness (QED) is 0.545. The summed E-state index contributed by atoms with van der Waals surface area (Å²) < 4.78 is 0. The maximum atomic E-state index is 5.49. The Balaban J connectivity index is 0.000000371. The number of rotatable bonds is 0. The predicted molar refractivity (Wildman–Crippen MR) is 46.5 cm³/mol. The molecule has 0 unspecified atom stereocenters.